The molecule has 1 saturated carbocycles. The van der Waals surface area contributed by atoms with Crippen molar-refractivity contribution in [3.63, 3.8) is 0 Å². The maximum Gasteiger partial charge on any atom is 0.123 e. The van der Waals surface area contributed by atoms with Gasteiger partial charge in [-0.15, -0.1) is 0 Å². The first kappa shape index (κ1) is 15.2. The highest BCUT2D eigenvalue weighted by Crippen LogP contribution is 2.42. The maximum atomic E-state index is 13.2. The van der Waals surface area contributed by atoms with Gasteiger partial charge in [0.25, 0.3) is 0 Å². The predicted octanol–water partition coefficient (Wildman–Crippen LogP) is 4.85. The van der Waals surface area contributed by atoms with Gasteiger partial charge in [-0.05, 0) is 53.8 Å². The number of hydrogen-bond acceptors (Lipinski definition) is 2. The Bertz CT molecular complexity index is 869. The molecule has 24 heavy (non-hydrogen) atoms. The van der Waals surface area contributed by atoms with Gasteiger partial charge in [-0.25, -0.2) is 4.39 Å². The van der Waals surface area contributed by atoms with Crippen molar-refractivity contribution in [3.05, 3.63) is 77.6 Å². The fraction of sp³-hybridized carbons (Fsp3) is 0.238. The molecule has 1 aliphatic rings. The van der Waals surface area contributed by atoms with Gasteiger partial charge in [0, 0.05) is 17.6 Å². The predicted molar refractivity (Wildman–Crippen MR) is 94.4 cm³/mol. The summed E-state index contributed by atoms with van der Waals surface area (Å²) in [6.07, 6.45) is 3.22. The van der Waals surface area contributed by atoms with Crippen LogP contribution in [0, 0.1) is 5.82 Å². The van der Waals surface area contributed by atoms with Crippen LogP contribution in [0.5, 0.6) is 5.75 Å². The number of halogens is 1. The lowest BCUT2D eigenvalue weighted by atomic mass is 9.71. The SMILES string of the molecule is Oc1ccc2ccccc2c1CNC1(c2ccc(F)cc2)CCC1. The summed E-state index contributed by atoms with van der Waals surface area (Å²) in [4.78, 5) is 0. The van der Waals surface area contributed by atoms with Gasteiger partial charge in [-0.2, -0.15) is 0 Å². The molecule has 3 aromatic carbocycles. The minimum Gasteiger partial charge on any atom is -0.508 e. The molecule has 0 atom stereocenters. The van der Waals surface area contributed by atoms with E-state index in [0.717, 1.165) is 41.2 Å². The van der Waals surface area contributed by atoms with E-state index in [1.54, 1.807) is 6.07 Å². The van der Waals surface area contributed by atoms with Crippen molar-refractivity contribution < 1.29 is 9.50 Å². The van der Waals surface area contributed by atoms with Crippen molar-refractivity contribution in [1.82, 2.24) is 5.32 Å². The topological polar surface area (TPSA) is 32.3 Å². The molecular weight excluding hydrogens is 301 g/mol. The number of aromatic hydroxyl groups is 1. The molecule has 0 amide bonds. The van der Waals surface area contributed by atoms with Crippen LogP contribution in [0.1, 0.15) is 30.4 Å². The molecule has 2 N–H and O–H groups in total. The summed E-state index contributed by atoms with van der Waals surface area (Å²) in [7, 11) is 0. The molecule has 122 valence electrons. The van der Waals surface area contributed by atoms with Crippen molar-refractivity contribution in [2.45, 2.75) is 31.3 Å². The van der Waals surface area contributed by atoms with Crippen LogP contribution in [0.15, 0.2) is 60.7 Å². The molecule has 0 saturated heterocycles. The van der Waals surface area contributed by atoms with Crippen LogP contribution >= 0.6 is 0 Å². The van der Waals surface area contributed by atoms with Crippen LogP contribution in [-0.2, 0) is 12.1 Å². The van der Waals surface area contributed by atoms with Crippen LogP contribution in [0.3, 0.4) is 0 Å². The third-order valence-corrected chi connectivity index (χ3v) is 5.22. The van der Waals surface area contributed by atoms with Crippen LogP contribution in [0.4, 0.5) is 4.39 Å². The molecule has 0 radical (unpaired) electrons. The Labute approximate surface area is 140 Å². The van der Waals surface area contributed by atoms with Gasteiger partial charge in [0.2, 0.25) is 0 Å². The number of fused-ring (bicyclic) bond motifs is 1. The zero-order chi connectivity index (χ0) is 16.6. The first-order chi connectivity index (χ1) is 11.7. The second-order valence-electron chi connectivity index (χ2n) is 6.58. The first-order valence-corrected chi connectivity index (χ1v) is 8.39. The van der Waals surface area contributed by atoms with Gasteiger partial charge < -0.3 is 10.4 Å². The minimum atomic E-state index is -0.208. The number of phenolic OH excluding ortho intramolecular Hbond substituents is 1. The average Bonchev–Trinajstić information content (AvgIpc) is 2.57. The van der Waals surface area contributed by atoms with E-state index in [1.165, 1.54) is 12.1 Å². The molecule has 0 spiro atoms. The number of hydrogen-bond donors (Lipinski definition) is 2. The maximum absolute atomic E-state index is 13.2. The number of nitrogens with one attached hydrogen (secondary N) is 1. The van der Waals surface area contributed by atoms with Crippen molar-refractivity contribution in [2.75, 3.05) is 0 Å². The lowest BCUT2D eigenvalue weighted by molar-refractivity contribution is 0.183. The molecule has 4 rings (SSSR count). The second kappa shape index (κ2) is 5.91. The van der Waals surface area contributed by atoms with Crippen molar-refractivity contribution >= 4 is 10.8 Å². The van der Waals surface area contributed by atoms with E-state index in [2.05, 4.69) is 11.4 Å². The van der Waals surface area contributed by atoms with Gasteiger partial charge in [0.1, 0.15) is 11.6 Å². The summed E-state index contributed by atoms with van der Waals surface area (Å²) in [5.41, 5.74) is 1.92. The third kappa shape index (κ3) is 2.55. The Morgan fingerprint density at radius 1 is 0.958 bits per heavy atom. The molecule has 0 aliphatic heterocycles. The summed E-state index contributed by atoms with van der Waals surface area (Å²) in [5, 5.41) is 16.1. The Morgan fingerprint density at radius 2 is 1.71 bits per heavy atom. The summed E-state index contributed by atoms with van der Waals surface area (Å²) in [6.45, 7) is 0.588. The van der Waals surface area contributed by atoms with Crippen LogP contribution < -0.4 is 5.32 Å². The van der Waals surface area contributed by atoms with Crippen molar-refractivity contribution in [3.8, 4) is 5.75 Å². The van der Waals surface area contributed by atoms with Gasteiger partial charge >= 0.3 is 0 Å². The molecule has 1 aliphatic carbocycles. The van der Waals surface area contributed by atoms with Crippen molar-refractivity contribution in [1.29, 1.82) is 0 Å². The zero-order valence-electron chi connectivity index (χ0n) is 13.4. The van der Waals surface area contributed by atoms with Crippen LogP contribution in [-0.4, -0.2) is 5.11 Å². The highest BCUT2D eigenvalue weighted by Gasteiger charge is 2.38. The molecular formula is C21H20FNO. The second-order valence-corrected chi connectivity index (χ2v) is 6.58. The monoisotopic (exact) mass is 321 g/mol. The number of phenols is 1. The van der Waals surface area contributed by atoms with Gasteiger partial charge in [-0.1, -0.05) is 42.5 Å². The molecule has 0 heterocycles. The standard InChI is InChI=1S/C21H20FNO/c22-17-9-7-16(8-10-17)21(12-3-13-21)23-14-19-18-5-2-1-4-15(18)6-11-20(19)24/h1-2,4-11,23-24H,3,12-14H2. The number of benzene rings is 3. The van der Waals surface area contributed by atoms with E-state index in [0.29, 0.717) is 12.3 Å². The highest BCUT2D eigenvalue weighted by molar-refractivity contribution is 5.87. The Hall–Kier alpha value is -2.39. The summed E-state index contributed by atoms with van der Waals surface area (Å²) in [5.74, 6) is 0.106. The highest BCUT2D eigenvalue weighted by atomic mass is 19.1. The molecule has 1 fully saturated rings. The molecule has 3 heteroatoms. The van der Waals surface area contributed by atoms with Gasteiger partial charge in [0.15, 0.2) is 0 Å². The van der Waals surface area contributed by atoms with E-state index in [1.807, 2.05) is 36.4 Å². The van der Waals surface area contributed by atoms with E-state index >= 15 is 0 Å². The van der Waals surface area contributed by atoms with Gasteiger partial charge in [-0.3, -0.25) is 0 Å². The third-order valence-electron chi connectivity index (χ3n) is 5.22. The first-order valence-electron chi connectivity index (χ1n) is 8.39. The zero-order valence-corrected chi connectivity index (χ0v) is 13.4. The average molecular weight is 321 g/mol. The molecule has 0 unspecified atom stereocenters. The smallest absolute Gasteiger partial charge is 0.123 e. The number of rotatable bonds is 4. The van der Waals surface area contributed by atoms with E-state index in [4.69, 9.17) is 0 Å². The van der Waals surface area contributed by atoms with E-state index in [-0.39, 0.29) is 11.4 Å². The lowest BCUT2D eigenvalue weighted by Gasteiger charge is -2.43. The van der Waals surface area contributed by atoms with Crippen molar-refractivity contribution in [2.24, 2.45) is 0 Å². The molecule has 0 aromatic heterocycles. The summed E-state index contributed by atoms with van der Waals surface area (Å²) in [6, 6.07) is 18.5. The minimum absolute atomic E-state index is 0.114. The molecule has 2 nitrogen and oxygen atoms in total. The van der Waals surface area contributed by atoms with E-state index in [9.17, 15) is 9.50 Å². The quantitative estimate of drug-likeness (QED) is 0.720. The summed E-state index contributed by atoms with van der Waals surface area (Å²) < 4.78 is 13.2. The van der Waals surface area contributed by atoms with Crippen LogP contribution in [0.25, 0.3) is 10.8 Å². The largest absolute Gasteiger partial charge is 0.508 e. The van der Waals surface area contributed by atoms with Gasteiger partial charge in [0.05, 0.1) is 0 Å². The lowest BCUT2D eigenvalue weighted by Crippen LogP contribution is -2.47. The fourth-order valence-corrected chi connectivity index (χ4v) is 3.63. The Kier molecular flexibility index (Phi) is 3.73. The van der Waals surface area contributed by atoms with E-state index < -0.39 is 0 Å². The normalized spacial score (nSPS) is 16.0. The van der Waals surface area contributed by atoms with Crippen LogP contribution in [0.2, 0.25) is 0 Å². The molecule has 3 aromatic rings. The fourth-order valence-electron chi connectivity index (χ4n) is 3.63. The Morgan fingerprint density at radius 3 is 2.42 bits per heavy atom. The molecule has 0 bridgehead atoms. The summed E-state index contributed by atoms with van der Waals surface area (Å²) >= 11 is 0. The Balaban J connectivity index is 1.64.